The van der Waals surface area contributed by atoms with Gasteiger partial charge in [-0.15, -0.1) is 0 Å². The van der Waals surface area contributed by atoms with Crippen LogP contribution in [0.15, 0.2) is 54.6 Å². The monoisotopic (exact) mass is 420 g/mol. The van der Waals surface area contributed by atoms with E-state index in [1.165, 1.54) is 11.4 Å². The lowest BCUT2D eigenvalue weighted by Gasteiger charge is -2.21. The first-order chi connectivity index (χ1) is 13.7. The van der Waals surface area contributed by atoms with Gasteiger partial charge in [-0.25, -0.2) is 8.42 Å². The number of benzene rings is 2. The van der Waals surface area contributed by atoms with Crippen LogP contribution < -0.4 is 19.1 Å². The normalized spacial score (nSPS) is 13.2. The molecule has 158 valence electrons. The number of anilines is 1. The molecule has 2 rings (SSSR count). The van der Waals surface area contributed by atoms with Crippen molar-refractivity contribution in [3.63, 3.8) is 0 Å². The van der Waals surface area contributed by atoms with Crippen LogP contribution >= 0.6 is 0 Å². The third-order valence-electron chi connectivity index (χ3n) is 4.27. The maximum absolute atomic E-state index is 12.5. The predicted octanol–water partition coefficient (Wildman–Crippen LogP) is 2.82. The molecule has 1 amide bonds. The van der Waals surface area contributed by atoms with E-state index in [0.717, 1.165) is 12.0 Å². The Morgan fingerprint density at radius 3 is 2.24 bits per heavy atom. The number of nitrogens with zero attached hydrogens (tertiary/aromatic N) is 1. The third-order valence-corrected chi connectivity index (χ3v) is 5.48. The lowest BCUT2D eigenvalue weighted by Crippen LogP contribution is -2.44. The smallest absolute Gasteiger partial charge is 0.261 e. The Morgan fingerprint density at radius 2 is 1.69 bits per heavy atom. The van der Waals surface area contributed by atoms with Crippen LogP contribution in [-0.4, -0.2) is 46.4 Å². The summed E-state index contributed by atoms with van der Waals surface area (Å²) in [5.41, 5.74) is 0.518. The van der Waals surface area contributed by atoms with E-state index in [1.54, 1.807) is 24.3 Å². The molecular weight excluding hydrogens is 392 g/mol. The molecule has 2 aromatic carbocycles. The summed E-state index contributed by atoms with van der Waals surface area (Å²) in [4.78, 5) is 12.5. The first-order valence-electron chi connectivity index (χ1n) is 9.39. The molecule has 0 fully saturated rings. The van der Waals surface area contributed by atoms with Crippen LogP contribution in [0.5, 0.6) is 11.5 Å². The average molecular weight is 421 g/mol. The fraction of sp³-hybridized carbons (Fsp3) is 0.381. The molecule has 0 aromatic heterocycles. The second-order valence-electron chi connectivity index (χ2n) is 6.77. The van der Waals surface area contributed by atoms with Gasteiger partial charge < -0.3 is 14.8 Å². The van der Waals surface area contributed by atoms with E-state index < -0.39 is 16.1 Å². The van der Waals surface area contributed by atoms with Crippen molar-refractivity contribution in [2.45, 2.75) is 32.4 Å². The van der Waals surface area contributed by atoms with Gasteiger partial charge in [0.2, 0.25) is 10.0 Å². The topological polar surface area (TPSA) is 84.9 Å². The number of para-hydroxylation sites is 1. The summed E-state index contributed by atoms with van der Waals surface area (Å²) in [6, 6.07) is 15.8. The molecule has 0 aliphatic heterocycles. The highest BCUT2D eigenvalue weighted by atomic mass is 32.2. The number of sulfonamides is 1. The minimum Gasteiger partial charge on any atom is -0.491 e. The van der Waals surface area contributed by atoms with E-state index >= 15 is 0 Å². The highest BCUT2D eigenvalue weighted by Crippen LogP contribution is 2.21. The molecule has 0 bridgehead atoms. The summed E-state index contributed by atoms with van der Waals surface area (Å²) in [6.45, 7) is 4.07. The van der Waals surface area contributed by atoms with E-state index in [0.29, 0.717) is 24.5 Å². The van der Waals surface area contributed by atoms with E-state index in [9.17, 15) is 13.2 Å². The largest absolute Gasteiger partial charge is 0.491 e. The van der Waals surface area contributed by atoms with Gasteiger partial charge >= 0.3 is 0 Å². The number of hydrogen-bond acceptors (Lipinski definition) is 5. The number of nitrogens with one attached hydrogen (secondary N) is 1. The maximum Gasteiger partial charge on any atom is 0.261 e. The molecule has 2 atom stereocenters. The zero-order valence-corrected chi connectivity index (χ0v) is 18.0. The summed E-state index contributed by atoms with van der Waals surface area (Å²) in [7, 11) is -1.85. The quantitative estimate of drug-likeness (QED) is 0.639. The van der Waals surface area contributed by atoms with Crippen LogP contribution in [0.25, 0.3) is 0 Å². The van der Waals surface area contributed by atoms with Crippen LogP contribution in [0.4, 0.5) is 5.69 Å². The summed E-state index contributed by atoms with van der Waals surface area (Å²) < 4.78 is 35.8. The number of amides is 1. The Morgan fingerprint density at radius 1 is 1.07 bits per heavy atom. The van der Waals surface area contributed by atoms with Gasteiger partial charge in [-0.2, -0.15) is 0 Å². The maximum atomic E-state index is 12.5. The molecular formula is C21H28N2O5S. The number of carbonyl (C=O) groups excluding carboxylic acids is 1. The van der Waals surface area contributed by atoms with Crippen molar-refractivity contribution in [3.8, 4) is 11.5 Å². The Balaban J connectivity index is 1.90. The van der Waals surface area contributed by atoms with E-state index in [1.807, 2.05) is 44.2 Å². The van der Waals surface area contributed by atoms with E-state index in [-0.39, 0.29) is 11.9 Å². The highest BCUT2D eigenvalue weighted by molar-refractivity contribution is 7.92. The molecule has 0 heterocycles. The van der Waals surface area contributed by atoms with Crippen molar-refractivity contribution in [2.75, 3.05) is 24.2 Å². The predicted molar refractivity (Wildman–Crippen MR) is 114 cm³/mol. The Bertz CT molecular complexity index is 885. The average Bonchev–Trinajstić information content (AvgIpc) is 2.70. The van der Waals surface area contributed by atoms with E-state index in [4.69, 9.17) is 9.47 Å². The second-order valence-corrected chi connectivity index (χ2v) is 8.79. The lowest BCUT2D eigenvalue weighted by molar-refractivity contribution is -0.128. The second kappa shape index (κ2) is 10.2. The molecule has 0 radical (unpaired) electrons. The molecule has 7 nitrogen and oxygen atoms in total. The summed E-state index contributed by atoms with van der Waals surface area (Å²) >= 11 is 0. The van der Waals surface area contributed by atoms with Crippen molar-refractivity contribution >= 4 is 21.6 Å². The molecule has 0 aliphatic carbocycles. The van der Waals surface area contributed by atoms with Gasteiger partial charge in [0.05, 0.1) is 18.0 Å². The van der Waals surface area contributed by atoms with Gasteiger partial charge in [-0.05, 0) is 49.7 Å². The van der Waals surface area contributed by atoms with Gasteiger partial charge in [0.1, 0.15) is 18.1 Å². The molecule has 0 aliphatic rings. The first kappa shape index (κ1) is 22.5. The van der Waals surface area contributed by atoms with Gasteiger partial charge in [0.15, 0.2) is 6.10 Å². The molecule has 0 saturated heterocycles. The third kappa shape index (κ3) is 6.98. The zero-order valence-electron chi connectivity index (χ0n) is 17.2. The summed E-state index contributed by atoms with van der Waals surface area (Å²) in [5, 5.41) is 2.89. The highest BCUT2D eigenvalue weighted by Gasteiger charge is 2.21. The molecule has 29 heavy (non-hydrogen) atoms. The number of hydrogen-bond donors (Lipinski definition) is 1. The van der Waals surface area contributed by atoms with Gasteiger partial charge in [-0.1, -0.05) is 25.1 Å². The SMILES string of the molecule is CCC(Oc1ccc(N(C)S(C)(=O)=O)cc1)C(=O)NC(C)COc1ccccc1. The lowest BCUT2D eigenvalue weighted by atomic mass is 10.2. The molecule has 2 aromatic rings. The minimum absolute atomic E-state index is 0.189. The summed E-state index contributed by atoms with van der Waals surface area (Å²) in [6.07, 6.45) is 0.966. The molecule has 1 N–H and O–H groups in total. The molecule has 2 unspecified atom stereocenters. The van der Waals surface area contributed by atoms with Crippen LogP contribution in [0.3, 0.4) is 0 Å². The molecule has 8 heteroatoms. The Kier molecular flexibility index (Phi) is 7.90. The van der Waals surface area contributed by atoms with Gasteiger partial charge in [0.25, 0.3) is 5.91 Å². The van der Waals surface area contributed by atoms with Crippen molar-refractivity contribution in [2.24, 2.45) is 0 Å². The van der Waals surface area contributed by atoms with Crippen LogP contribution in [0, 0.1) is 0 Å². The van der Waals surface area contributed by atoms with Gasteiger partial charge in [-0.3, -0.25) is 9.10 Å². The fourth-order valence-corrected chi connectivity index (χ4v) is 3.03. The van der Waals surface area contributed by atoms with Crippen LogP contribution in [0.2, 0.25) is 0 Å². The standard InChI is InChI=1S/C21H28N2O5S/c1-5-20(21(24)22-16(2)15-27-18-9-7-6-8-10-18)28-19-13-11-17(12-14-19)23(3)29(4,25)26/h6-14,16,20H,5,15H2,1-4H3,(H,22,24). The van der Waals surface area contributed by atoms with Gasteiger partial charge in [0, 0.05) is 7.05 Å². The number of carbonyl (C=O) groups is 1. The van der Waals surface area contributed by atoms with Crippen molar-refractivity contribution in [1.82, 2.24) is 5.32 Å². The van der Waals surface area contributed by atoms with Crippen LogP contribution in [-0.2, 0) is 14.8 Å². The number of ether oxygens (including phenoxy) is 2. The minimum atomic E-state index is -3.33. The zero-order chi connectivity index (χ0) is 21.4. The number of rotatable bonds is 10. The van der Waals surface area contributed by atoms with E-state index in [2.05, 4.69) is 5.32 Å². The Labute approximate surface area is 172 Å². The van der Waals surface area contributed by atoms with Crippen LogP contribution in [0.1, 0.15) is 20.3 Å². The van der Waals surface area contributed by atoms with Crippen molar-refractivity contribution < 1.29 is 22.7 Å². The fourth-order valence-electron chi connectivity index (χ4n) is 2.53. The summed E-state index contributed by atoms with van der Waals surface area (Å²) in [5.74, 6) is 1.01. The van der Waals surface area contributed by atoms with Crippen molar-refractivity contribution in [1.29, 1.82) is 0 Å². The van der Waals surface area contributed by atoms with Crippen molar-refractivity contribution in [3.05, 3.63) is 54.6 Å². The Hall–Kier alpha value is -2.74. The first-order valence-corrected chi connectivity index (χ1v) is 11.2. The molecule has 0 saturated carbocycles. The molecule has 0 spiro atoms.